The molecule has 2 aromatic carbocycles. The van der Waals surface area contributed by atoms with Gasteiger partial charge in [-0.25, -0.2) is 9.79 Å². The number of rotatable bonds is 4. The molecule has 7 heteroatoms. The lowest BCUT2D eigenvalue weighted by Crippen LogP contribution is -2.14. The Morgan fingerprint density at radius 3 is 2.44 bits per heavy atom. The van der Waals surface area contributed by atoms with Crippen molar-refractivity contribution in [2.24, 2.45) is 10.9 Å². The second-order valence-corrected chi connectivity index (χ2v) is 6.92. The highest BCUT2D eigenvalue weighted by atomic mass is 35.5. The third-order valence-corrected chi connectivity index (χ3v) is 4.40. The Morgan fingerprint density at radius 1 is 1.11 bits per heavy atom. The predicted octanol–water partition coefficient (Wildman–Crippen LogP) is 4.90. The van der Waals surface area contributed by atoms with Crippen LogP contribution in [-0.2, 0) is 14.3 Å². The highest BCUT2D eigenvalue weighted by Crippen LogP contribution is 2.26. The second-order valence-electron chi connectivity index (χ2n) is 6.11. The number of benzene rings is 2. The summed E-state index contributed by atoms with van der Waals surface area (Å²) in [5.41, 5.74) is 1.42. The van der Waals surface area contributed by atoms with Gasteiger partial charge in [-0.05, 0) is 42.0 Å². The van der Waals surface area contributed by atoms with Gasteiger partial charge in [0, 0.05) is 5.56 Å². The molecule has 2 aromatic rings. The van der Waals surface area contributed by atoms with E-state index in [-0.39, 0.29) is 23.5 Å². The first-order chi connectivity index (χ1) is 12.8. The molecule has 0 bridgehead atoms. The maximum absolute atomic E-state index is 12.1. The maximum atomic E-state index is 12.1. The van der Waals surface area contributed by atoms with E-state index in [1.807, 2.05) is 0 Å². The predicted molar refractivity (Wildman–Crippen MR) is 104 cm³/mol. The lowest BCUT2D eigenvalue weighted by atomic mass is 10.2. The van der Waals surface area contributed by atoms with E-state index in [9.17, 15) is 9.59 Å². The lowest BCUT2D eigenvalue weighted by molar-refractivity contribution is -0.137. The topological polar surface area (TPSA) is 65.0 Å². The Balaban J connectivity index is 1.80. The quantitative estimate of drug-likeness (QED) is 0.413. The Morgan fingerprint density at radius 2 is 1.81 bits per heavy atom. The second kappa shape index (κ2) is 7.94. The summed E-state index contributed by atoms with van der Waals surface area (Å²) in [6.07, 6.45) is 1.58. The van der Waals surface area contributed by atoms with Gasteiger partial charge in [0.25, 0.3) is 0 Å². The fourth-order valence-electron chi connectivity index (χ4n) is 2.19. The molecule has 27 heavy (non-hydrogen) atoms. The van der Waals surface area contributed by atoms with Crippen LogP contribution < -0.4 is 4.74 Å². The molecule has 1 heterocycles. The zero-order valence-electron chi connectivity index (χ0n) is 14.5. The van der Waals surface area contributed by atoms with Gasteiger partial charge in [-0.1, -0.05) is 49.2 Å². The average Bonchev–Trinajstić information content (AvgIpc) is 2.99. The summed E-state index contributed by atoms with van der Waals surface area (Å²) in [7, 11) is 0. The first-order valence-corrected chi connectivity index (χ1v) is 8.89. The van der Waals surface area contributed by atoms with Crippen molar-refractivity contribution in [3.63, 3.8) is 0 Å². The van der Waals surface area contributed by atoms with Gasteiger partial charge >= 0.3 is 11.9 Å². The van der Waals surface area contributed by atoms with Crippen molar-refractivity contribution >= 4 is 47.1 Å². The van der Waals surface area contributed by atoms with Gasteiger partial charge in [-0.3, -0.25) is 4.79 Å². The SMILES string of the molecule is CC(C)C(=O)Oc1ccc(/C=C2\N=C(c3ccc(Cl)c(Cl)c3)OC2=O)cc1. The molecule has 138 valence electrons. The Kier molecular flexibility index (Phi) is 5.63. The lowest BCUT2D eigenvalue weighted by Gasteiger charge is -2.06. The van der Waals surface area contributed by atoms with Gasteiger partial charge in [0.05, 0.1) is 16.0 Å². The van der Waals surface area contributed by atoms with Gasteiger partial charge in [0.2, 0.25) is 5.90 Å². The molecule has 0 saturated heterocycles. The highest BCUT2D eigenvalue weighted by molar-refractivity contribution is 6.42. The van der Waals surface area contributed by atoms with Gasteiger partial charge in [-0.15, -0.1) is 0 Å². The van der Waals surface area contributed by atoms with Crippen molar-refractivity contribution in [3.8, 4) is 5.75 Å². The van der Waals surface area contributed by atoms with E-state index in [4.69, 9.17) is 32.7 Å². The van der Waals surface area contributed by atoms with Crippen molar-refractivity contribution in [2.45, 2.75) is 13.8 Å². The summed E-state index contributed by atoms with van der Waals surface area (Å²) >= 11 is 11.9. The van der Waals surface area contributed by atoms with Gasteiger partial charge in [0.15, 0.2) is 5.70 Å². The number of halogens is 2. The van der Waals surface area contributed by atoms with Crippen molar-refractivity contribution in [1.29, 1.82) is 0 Å². The largest absolute Gasteiger partial charge is 0.426 e. The molecule has 0 N–H and O–H groups in total. The van der Waals surface area contributed by atoms with Crippen LogP contribution in [0.1, 0.15) is 25.0 Å². The van der Waals surface area contributed by atoms with Crippen LogP contribution in [0.5, 0.6) is 5.75 Å². The summed E-state index contributed by atoms with van der Waals surface area (Å²) in [6.45, 7) is 3.52. The molecule has 0 fully saturated rings. The molecular weight excluding hydrogens is 389 g/mol. The van der Waals surface area contributed by atoms with Crippen LogP contribution in [0.2, 0.25) is 10.0 Å². The Bertz CT molecular complexity index is 962. The molecule has 0 amide bonds. The van der Waals surface area contributed by atoms with E-state index >= 15 is 0 Å². The molecular formula is C20H15Cl2NO4. The molecule has 0 saturated carbocycles. The van der Waals surface area contributed by atoms with E-state index < -0.39 is 5.97 Å². The molecule has 0 unspecified atom stereocenters. The average molecular weight is 404 g/mol. The number of hydrogen-bond donors (Lipinski definition) is 0. The van der Waals surface area contributed by atoms with Crippen LogP contribution >= 0.6 is 23.2 Å². The van der Waals surface area contributed by atoms with Crippen LogP contribution in [0.15, 0.2) is 53.2 Å². The standard InChI is InChI=1S/C20H15Cl2NO4/c1-11(2)19(24)26-14-6-3-12(4-7-14)9-17-20(25)27-18(23-17)13-5-8-15(21)16(22)10-13/h3-11H,1-2H3/b17-9-. The summed E-state index contributed by atoms with van der Waals surface area (Å²) in [5, 5.41) is 0.747. The first-order valence-electron chi connectivity index (χ1n) is 8.13. The first kappa shape index (κ1) is 19.1. The monoisotopic (exact) mass is 403 g/mol. The molecule has 1 aliphatic rings. The molecule has 1 aliphatic heterocycles. The minimum atomic E-state index is -0.564. The molecule has 0 aromatic heterocycles. The molecule has 5 nitrogen and oxygen atoms in total. The molecule has 0 aliphatic carbocycles. The molecule has 0 atom stereocenters. The van der Waals surface area contributed by atoms with E-state index in [0.717, 1.165) is 0 Å². The fraction of sp³-hybridized carbons (Fsp3) is 0.150. The summed E-state index contributed by atoms with van der Waals surface area (Å²) in [6, 6.07) is 11.6. The number of aliphatic imine (C=N–C) groups is 1. The number of hydrogen-bond acceptors (Lipinski definition) is 5. The summed E-state index contributed by atoms with van der Waals surface area (Å²) in [5.74, 6) is -0.492. The van der Waals surface area contributed by atoms with Crippen LogP contribution in [0.25, 0.3) is 6.08 Å². The summed E-state index contributed by atoms with van der Waals surface area (Å²) < 4.78 is 10.4. The third kappa shape index (κ3) is 4.56. The number of cyclic esters (lactones) is 1. The third-order valence-electron chi connectivity index (χ3n) is 3.66. The van der Waals surface area contributed by atoms with E-state index in [2.05, 4.69) is 4.99 Å². The summed E-state index contributed by atoms with van der Waals surface area (Å²) in [4.78, 5) is 27.9. The van der Waals surface area contributed by atoms with Crippen LogP contribution in [-0.4, -0.2) is 17.8 Å². The maximum Gasteiger partial charge on any atom is 0.363 e. The van der Waals surface area contributed by atoms with Crippen LogP contribution in [0.4, 0.5) is 0 Å². The van der Waals surface area contributed by atoms with E-state index in [0.29, 0.717) is 26.9 Å². The van der Waals surface area contributed by atoms with Crippen LogP contribution in [0.3, 0.4) is 0 Å². The number of ether oxygens (including phenoxy) is 2. The smallest absolute Gasteiger partial charge is 0.363 e. The van der Waals surface area contributed by atoms with Gasteiger partial charge < -0.3 is 9.47 Å². The van der Waals surface area contributed by atoms with Crippen molar-refractivity contribution in [3.05, 3.63) is 69.3 Å². The Labute approximate surface area is 166 Å². The fourth-order valence-corrected chi connectivity index (χ4v) is 2.48. The van der Waals surface area contributed by atoms with Crippen molar-refractivity contribution in [1.82, 2.24) is 0 Å². The molecule has 3 rings (SSSR count). The van der Waals surface area contributed by atoms with E-state index in [1.54, 1.807) is 62.4 Å². The minimum absolute atomic E-state index is 0.156. The van der Waals surface area contributed by atoms with Gasteiger partial charge in [0.1, 0.15) is 5.75 Å². The zero-order valence-corrected chi connectivity index (χ0v) is 16.0. The zero-order chi connectivity index (χ0) is 19.6. The Hall–Kier alpha value is -2.63. The molecule has 0 spiro atoms. The van der Waals surface area contributed by atoms with Crippen molar-refractivity contribution in [2.75, 3.05) is 0 Å². The number of carbonyl (C=O) groups is 2. The minimum Gasteiger partial charge on any atom is -0.426 e. The van der Waals surface area contributed by atoms with Gasteiger partial charge in [-0.2, -0.15) is 0 Å². The van der Waals surface area contributed by atoms with Crippen molar-refractivity contribution < 1.29 is 19.1 Å². The molecule has 0 radical (unpaired) electrons. The number of esters is 2. The van der Waals surface area contributed by atoms with E-state index in [1.165, 1.54) is 0 Å². The normalized spacial score (nSPS) is 15.1. The number of nitrogens with zero attached hydrogens (tertiary/aromatic N) is 1. The number of carbonyl (C=O) groups excluding carboxylic acids is 2. The van der Waals surface area contributed by atoms with Crippen LogP contribution in [0, 0.1) is 5.92 Å². The highest BCUT2D eigenvalue weighted by Gasteiger charge is 2.24.